The van der Waals surface area contributed by atoms with E-state index in [9.17, 15) is 9.59 Å². The maximum Gasteiger partial charge on any atom is 0.228 e. The van der Waals surface area contributed by atoms with Gasteiger partial charge in [0.15, 0.2) is 0 Å². The van der Waals surface area contributed by atoms with Gasteiger partial charge in [0.1, 0.15) is 5.01 Å². The fourth-order valence-electron chi connectivity index (χ4n) is 2.71. The largest absolute Gasteiger partial charge is 0.370 e. The van der Waals surface area contributed by atoms with E-state index < -0.39 is 5.91 Å². The van der Waals surface area contributed by atoms with Crippen molar-refractivity contribution in [3.8, 4) is 10.6 Å². The molecule has 27 heavy (non-hydrogen) atoms. The van der Waals surface area contributed by atoms with E-state index >= 15 is 0 Å². The lowest BCUT2D eigenvalue weighted by Gasteiger charge is -2.22. The molecule has 0 radical (unpaired) electrons. The van der Waals surface area contributed by atoms with Crippen LogP contribution in [0.25, 0.3) is 10.6 Å². The maximum absolute atomic E-state index is 12.8. The number of aromatic nitrogens is 1. The second kappa shape index (κ2) is 9.09. The first kappa shape index (κ1) is 18.8. The molecule has 0 unspecified atom stereocenters. The standard InChI is InChI=1S/C21H21N3O2S/c22-19(25)11-12-24(14-16-7-3-1-4-8-16)20(26)13-18-15-27-21(23-18)17-9-5-2-6-10-17/h1-10,15H,11-14H2,(H2,22,25). The molecular formula is C21H21N3O2S. The third-order valence-corrected chi connectivity index (χ3v) is 5.04. The minimum absolute atomic E-state index is 0.0648. The predicted octanol–water partition coefficient (Wildman–Crippen LogP) is 3.26. The summed E-state index contributed by atoms with van der Waals surface area (Å²) >= 11 is 1.52. The summed E-state index contributed by atoms with van der Waals surface area (Å²) in [5.41, 5.74) is 8.05. The molecule has 3 aromatic rings. The average molecular weight is 379 g/mol. The molecule has 6 heteroatoms. The highest BCUT2D eigenvalue weighted by Crippen LogP contribution is 2.23. The molecule has 0 atom stereocenters. The molecule has 0 aliphatic carbocycles. The Hall–Kier alpha value is -2.99. The molecule has 2 aromatic carbocycles. The number of nitrogens with zero attached hydrogens (tertiary/aromatic N) is 2. The molecule has 0 saturated heterocycles. The van der Waals surface area contributed by atoms with Crippen LogP contribution in [0.4, 0.5) is 0 Å². The summed E-state index contributed by atoms with van der Waals surface area (Å²) in [5.74, 6) is -0.481. The lowest BCUT2D eigenvalue weighted by atomic mass is 10.2. The van der Waals surface area contributed by atoms with E-state index in [1.807, 2.05) is 66.0 Å². The van der Waals surface area contributed by atoms with Gasteiger partial charge in [-0.2, -0.15) is 0 Å². The number of benzene rings is 2. The SMILES string of the molecule is NC(=O)CCN(Cc1ccccc1)C(=O)Cc1csc(-c2ccccc2)n1. The molecule has 5 nitrogen and oxygen atoms in total. The first-order valence-electron chi connectivity index (χ1n) is 8.71. The van der Waals surface area contributed by atoms with Crippen LogP contribution in [0.15, 0.2) is 66.0 Å². The van der Waals surface area contributed by atoms with E-state index in [-0.39, 0.29) is 18.7 Å². The van der Waals surface area contributed by atoms with Crippen LogP contribution in [0.2, 0.25) is 0 Å². The summed E-state index contributed by atoms with van der Waals surface area (Å²) in [7, 11) is 0. The van der Waals surface area contributed by atoms with Crippen LogP contribution in [0.1, 0.15) is 17.7 Å². The topological polar surface area (TPSA) is 76.3 Å². The van der Waals surface area contributed by atoms with Crippen LogP contribution in [0.3, 0.4) is 0 Å². The number of rotatable bonds is 8. The smallest absolute Gasteiger partial charge is 0.228 e. The van der Waals surface area contributed by atoms with E-state index in [0.717, 1.165) is 21.8 Å². The van der Waals surface area contributed by atoms with Crippen LogP contribution >= 0.6 is 11.3 Å². The number of primary amides is 1. The van der Waals surface area contributed by atoms with Gasteiger partial charge < -0.3 is 10.6 Å². The number of hydrogen-bond donors (Lipinski definition) is 1. The van der Waals surface area contributed by atoms with Gasteiger partial charge in [0, 0.05) is 30.5 Å². The van der Waals surface area contributed by atoms with Crippen molar-refractivity contribution in [1.29, 1.82) is 0 Å². The Morgan fingerprint density at radius 2 is 1.67 bits per heavy atom. The summed E-state index contributed by atoms with van der Waals surface area (Å²) in [6.45, 7) is 0.751. The molecule has 0 spiro atoms. The molecule has 2 amide bonds. The molecule has 0 fully saturated rings. The molecular weight excluding hydrogens is 358 g/mol. The Labute approximate surface area is 162 Å². The van der Waals surface area contributed by atoms with Crippen LogP contribution in [0, 0.1) is 0 Å². The van der Waals surface area contributed by atoms with Crippen molar-refractivity contribution in [3.05, 3.63) is 77.3 Å². The molecule has 2 N–H and O–H groups in total. The van der Waals surface area contributed by atoms with Gasteiger partial charge in [-0.1, -0.05) is 60.7 Å². The fourth-order valence-corrected chi connectivity index (χ4v) is 3.53. The average Bonchev–Trinajstić information content (AvgIpc) is 3.15. The van der Waals surface area contributed by atoms with Crippen molar-refractivity contribution in [2.45, 2.75) is 19.4 Å². The van der Waals surface area contributed by atoms with Gasteiger partial charge in [-0.3, -0.25) is 9.59 Å². The van der Waals surface area contributed by atoms with E-state index in [2.05, 4.69) is 4.98 Å². The van der Waals surface area contributed by atoms with Gasteiger partial charge in [0.2, 0.25) is 11.8 Å². The van der Waals surface area contributed by atoms with Gasteiger partial charge in [0.25, 0.3) is 0 Å². The van der Waals surface area contributed by atoms with Gasteiger partial charge in [0.05, 0.1) is 12.1 Å². The quantitative estimate of drug-likeness (QED) is 0.653. The normalized spacial score (nSPS) is 10.5. The zero-order chi connectivity index (χ0) is 19.1. The van der Waals surface area contributed by atoms with Gasteiger partial charge >= 0.3 is 0 Å². The molecule has 0 saturated carbocycles. The number of carbonyl (C=O) groups excluding carboxylic acids is 2. The van der Waals surface area contributed by atoms with Gasteiger partial charge in [-0.25, -0.2) is 4.98 Å². The van der Waals surface area contributed by atoms with Crippen molar-refractivity contribution in [1.82, 2.24) is 9.88 Å². The zero-order valence-corrected chi connectivity index (χ0v) is 15.7. The molecule has 0 bridgehead atoms. The summed E-state index contributed by atoms with van der Waals surface area (Å²) in [6.07, 6.45) is 0.347. The second-order valence-corrected chi connectivity index (χ2v) is 7.06. The monoisotopic (exact) mass is 379 g/mol. The van der Waals surface area contributed by atoms with Crippen LogP contribution in [-0.2, 0) is 22.6 Å². The summed E-state index contributed by atoms with van der Waals surface area (Å²) in [5, 5.41) is 2.81. The van der Waals surface area contributed by atoms with Crippen LogP contribution in [-0.4, -0.2) is 28.2 Å². The third kappa shape index (κ3) is 5.49. The Kier molecular flexibility index (Phi) is 6.33. The fraction of sp³-hybridized carbons (Fsp3) is 0.190. The maximum atomic E-state index is 12.8. The van der Waals surface area contributed by atoms with Crippen LogP contribution < -0.4 is 5.73 Å². The Bertz CT molecular complexity index is 894. The number of carbonyl (C=O) groups is 2. The highest BCUT2D eigenvalue weighted by Gasteiger charge is 2.17. The number of amides is 2. The summed E-state index contributed by atoms with van der Waals surface area (Å²) in [4.78, 5) is 30.2. The minimum atomic E-state index is -0.416. The van der Waals surface area contributed by atoms with Crippen molar-refractivity contribution >= 4 is 23.2 Å². The zero-order valence-electron chi connectivity index (χ0n) is 14.9. The molecule has 138 valence electrons. The van der Waals surface area contributed by atoms with Crippen molar-refractivity contribution in [2.75, 3.05) is 6.54 Å². The van der Waals surface area contributed by atoms with E-state index in [0.29, 0.717) is 13.1 Å². The molecule has 1 aromatic heterocycles. The number of nitrogens with two attached hydrogens (primary N) is 1. The van der Waals surface area contributed by atoms with E-state index in [1.165, 1.54) is 11.3 Å². The first-order valence-corrected chi connectivity index (χ1v) is 9.59. The van der Waals surface area contributed by atoms with Crippen molar-refractivity contribution < 1.29 is 9.59 Å². The number of thiazole rings is 1. The first-order chi connectivity index (χ1) is 13.1. The Morgan fingerprint density at radius 3 is 2.33 bits per heavy atom. The van der Waals surface area contributed by atoms with Gasteiger partial charge in [-0.15, -0.1) is 11.3 Å². The Morgan fingerprint density at radius 1 is 1.00 bits per heavy atom. The Balaban J connectivity index is 1.70. The summed E-state index contributed by atoms with van der Waals surface area (Å²) < 4.78 is 0. The predicted molar refractivity (Wildman–Crippen MR) is 107 cm³/mol. The molecule has 0 aliphatic rings. The lowest BCUT2D eigenvalue weighted by Crippen LogP contribution is -2.34. The van der Waals surface area contributed by atoms with Crippen molar-refractivity contribution in [2.24, 2.45) is 5.73 Å². The number of hydrogen-bond acceptors (Lipinski definition) is 4. The van der Waals surface area contributed by atoms with Crippen molar-refractivity contribution in [3.63, 3.8) is 0 Å². The minimum Gasteiger partial charge on any atom is -0.370 e. The second-order valence-electron chi connectivity index (χ2n) is 6.20. The van der Waals surface area contributed by atoms with E-state index in [4.69, 9.17) is 5.73 Å². The molecule has 3 rings (SSSR count). The highest BCUT2D eigenvalue weighted by atomic mass is 32.1. The lowest BCUT2D eigenvalue weighted by molar-refractivity contribution is -0.131. The third-order valence-electron chi connectivity index (χ3n) is 4.10. The van der Waals surface area contributed by atoms with Gasteiger partial charge in [-0.05, 0) is 5.56 Å². The van der Waals surface area contributed by atoms with Crippen LogP contribution in [0.5, 0.6) is 0 Å². The molecule has 0 aliphatic heterocycles. The highest BCUT2D eigenvalue weighted by molar-refractivity contribution is 7.13. The molecule has 1 heterocycles. The van der Waals surface area contributed by atoms with E-state index in [1.54, 1.807) is 4.90 Å². The summed E-state index contributed by atoms with van der Waals surface area (Å²) in [6, 6.07) is 19.6.